The number of rotatable bonds is 6. The topological polar surface area (TPSA) is 119 Å². The molecule has 0 atom stereocenters. The SMILES string of the molecule is Cn1cc2c(=O)n(C)cc(-c3cc(NS(=O)(=O)C4CC4)ccc3Oc3ccc(C#N)cc3)c2n1. The minimum Gasteiger partial charge on any atom is -0.457 e. The van der Waals surface area contributed by atoms with Gasteiger partial charge >= 0.3 is 0 Å². The Labute approximate surface area is 195 Å². The first kappa shape index (κ1) is 21.7. The van der Waals surface area contributed by atoms with E-state index < -0.39 is 10.0 Å². The average Bonchev–Trinajstić information content (AvgIpc) is 3.60. The van der Waals surface area contributed by atoms with Crippen molar-refractivity contribution in [2.75, 3.05) is 4.72 Å². The van der Waals surface area contributed by atoms with Crippen LogP contribution in [0.15, 0.2) is 59.7 Å². The lowest BCUT2D eigenvalue weighted by atomic mass is 10.0. The molecule has 1 N–H and O–H groups in total. The maximum absolute atomic E-state index is 12.7. The monoisotopic (exact) mass is 475 g/mol. The van der Waals surface area contributed by atoms with E-state index in [0.29, 0.717) is 57.6 Å². The van der Waals surface area contributed by atoms with Crippen LogP contribution in [0, 0.1) is 11.3 Å². The summed E-state index contributed by atoms with van der Waals surface area (Å²) in [6.45, 7) is 0. The molecule has 10 heteroatoms. The third-order valence-corrected chi connectivity index (χ3v) is 7.53. The van der Waals surface area contributed by atoms with Gasteiger partial charge in [-0.2, -0.15) is 10.4 Å². The molecule has 0 unspecified atom stereocenters. The van der Waals surface area contributed by atoms with Gasteiger partial charge in [0.25, 0.3) is 5.56 Å². The zero-order valence-electron chi connectivity index (χ0n) is 18.5. The van der Waals surface area contributed by atoms with Crippen LogP contribution in [0.5, 0.6) is 11.5 Å². The van der Waals surface area contributed by atoms with Crippen molar-refractivity contribution in [1.29, 1.82) is 5.26 Å². The summed E-state index contributed by atoms with van der Waals surface area (Å²) in [6.07, 6.45) is 4.62. The standard InChI is InChI=1S/C24H21N5O4S/c1-28-13-20(23-21(24(28)30)14-29(2)26-23)19-11-16(27-34(31,32)18-8-9-18)5-10-22(19)33-17-6-3-15(12-25)4-7-17/h3-7,10-11,13-14,18,27H,8-9H2,1-2H3. The van der Waals surface area contributed by atoms with E-state index in [1.165, 1.54) is 4.57 Å². The zero-order chi connectivity index (χ0) is 24.0. The minimum absolute atomic E-state index is 0.188. The molecule has 1 fully saturated rings. The molecule has 34 heavy (non-hydrogen) atoms. The van der Waals surface area contributed by atoms with Crippen LogP contribution in [0.1, 0.15) is 18.4 Å². The molecule has 2 aromatic carbocycles. The van der Waals surface area contributed by atoms with Crippen molar-refractivity contribution in [3.8, 4) is 28.7 Å². The Morgan fingerprint density at radius 2 is 1.82 bits per heavy atom. The summed E-state index contributed by atoms with van der Waals surface area (Å²) in [4.78, 5) is 12.7. The number of aryl methyl sites for hydroxylation is 2. The van der Waals surface area contributed by atoms with Crippen molar-refractivity contribution in [2.45, 2.75) is 18.1 Å². The van der Waals surface area contributed by atoms with Gasteiger partial charge in [0.2, 0.25) is 10.0 Å². The average molecular weight is 476 g/mol. The minimum atomic E-state index is -3.47. The lowest BCUT2D eigenvalue weighted by Gasteiger charge is -2.15. The van der Waals surface area contributed by atoms with Gasteiger partial charge in [-0.25, -0.2) is 8.42 Å². The number of benzene rings is 2. The Morgan fingerprint density at radius 3 is 2.50 bits per heavy atom. The van der Waals surface area contributed by atoms with E-state index in [1.807, 2.05) is 0 Å². The second-order valence-electron chi connectivity index (χ2n) is 8.32. The van der Waals surface area contributed by atoms with E-state index in [4.69, 9.17) is 10.00 Å². The fraction of sp³-hybridized carbons (Fsp3) is 0.208. The van der Waals surface area contributed by atoms with Gasteiger partial charge in [-0.3, -0.25) is 14.2 Å². The Kier molecular flexibility index (Phi) is 5.14. The fourth-order valence-corrected chi connectivity index (χ4v) is 5.17. The van der Waals surface area contributed by atoms with E-state index in [9.17, 15) is 13.2 Å². The predicted molar refractivity (Wildman–Crippen MR) is 128 cm³/mol. The molecule has 0 radical (unpaired) electrons. The highest BCUT2D eigenvalue weighted by atomic mass is 32.2. The first-order valence-corrected chi connectivity index (χ1v) is 12.2. The lowest BCUT2D eigenvalue weighted by molar-refractivity contribution is 0.484. The molecule has 172 valence electrons. The number of ether oxygens (including phenoxy) is 1. The van der Waals surface area contributed by atoms with Gasteiger partial charge in [0.05, 0.1) is 22.3 Å². The van der Waals surface area contributed by atoms with Crippen LogP contribution in [0.25, 0.3) is 22.0 Å². The number of hydrogen-bond acceptors (Lipinski definition) is 6. The van der Waals surface area contributed by atoms with Crippen LogP contribution in [-0.4, -0.2) is 28.0 Å². The van der Waals surface area contributed by atoms with Gasteiger partial charge in [0.15, 0.2) is 0 Å². The molecule has 1 saturated carbocycles. The van der Waals surface area contributed by atoms with E-state index in [-0.39, 0.29) is 10.8 Å². The number of aromatic nitrogens is 3. The molecule has 4 aromatic rings. The highest BCUT2D eigenvalue weighted by Gasteiger charge is 2.35. The quantitative estimate of drug-likeness (QED) is 0.456. The number of sulfonamides is 1. The van der Waals surface area contributed by atoms with Crippen LogP contribution in [0.2, 0.25) is 0 Å². The van der Waals surface area contributed by atoms with Crippen LogP contribution in [0.4, 0.5) is 5.69 Å². The number of fused-ring (bicyclic) bond motifs is 1. The summed E-state index contributed by atoms with van der Waals surface area (Å²) < 4.78 is 36.9. The van der Waals surface area contributed by atoms with Crippen LogP contribution >= 0.6 is 0 Å². The molecule has 9 nitrogen and oxygen atoms in total. The zero-order valence-corrected chi connectivity index (χ0v) is 19.3. The van der Waals surface area contributed by atoms with Crippen LogP contribution in [0.3, 0.4) is 0 Å². The number of anilines is 1. The van der Waals surface area contributed by atoms with Gasteiger partial charge in [-0.05, 0) is 55.3 Å². The second kappa shape index (κ2) is 8.04. The molecule has 5 rings (SSSR count). The number of pyridine rings is 1. The summed E-state index contributed by atoms with van der Waals surface area (Å²) >= 11 is 0. The molecule has 0 amide bonds. The molecule has 1 aliphatic rings. The van der Waals surface area contributed by atoms with Gasteiger partial charge in [0, 0.05) is 43.3 Å². The van der Waals surface area contributed by atoms with Crippen LogP contribution in [-0.2, 0) is 24.1 Å². The summed E-state index contributed by atoms with van der Waals surface area (Å²) in [7, 11) is -0.0826. The maximum Gasteiger partial charge on any atom is 0.261 e. The number of hydrogen-bond donors (Lipinski definition) is 1. The number of nitrogens with zero attached hydrogens (tertiary/aromatic N) is 4. The lowest BCUT2D eigenvalue weighted by Crippen LogP contribution is -2.17. The molecule has 0 bridgehead atoms. The molecular formula is C24H21N5O4S. The third kappa shape index (κ3) is 4.02. The maximum atomic E-state index is 12.7. The summed E-state index contributed by atoms with van der Waals surface area (Å²) in [5.41, 5.74) is 2.38. The van der Waals surface area contributed by atoms with Gasteiger partial charge in [0.1, 0.15) is 17.0 Å². The van der Waals surface area contributed by atoms with Crippen LogP contribution < -0.4 is 15.0 Å². The Morgan fingerprint density at radius 1 is 1.09 bits per heavy atom. The van der Waals surface area contributed by atoms with Crippen molar-refractivity contribution in [3.05, 3.63) is 70.8 Å². The molecule has 2 aromatic heterocycles. The Bertz CT molecular complexity index is 1630. The van der Waals surface area contributed by atoms with Gasteiger partial charge in [-0.1, -0.05) is 0 Å². The summed E-state index contributed by atoms with van der Waals surface area (Å²) in [6, 6.07) is 13.7. The number of nitriles is 1. The summed E-state index contributed by atoms with van der Waals surface area (Å²) in [5.74, 6) is 0.957. The van der Waals surface area contributed by atoms with E-state index >= 15 is 0 Å². The van der Waals surface area contributed by atoms with Crippen molar-refractivity contribution in [3.63, 3.8) is 0 Å². The highest BCUT2D eigenvalue weighted by Crippen LogP contribution is 2.39. The summed E-state index contributed by atoms with van der Waals surface area (Å²) in [5, 5.41) is 13.6. The van der Waals surface area contributed by atoms with Crippen molar-refractivity contribution < 1.29 is 13.2 Å². The first-order valence-electron chi connectivity index (χ1n) is 10.6. The van der Waals surface area contributed by atoms with E-state index in [1.54, 1.807) is 73.6 Å². The van der Waals surface area contributed by atoms with Gasteiger partial charge < -0.3 is 9.30 Å². The molecule has 1 aliphatic carbocycles. The normalized spacial score (nSPS) is 13.6. The van der Waals surface area contributed by atoms with Crippen molar-refractivity contribution in [2.24, 2.45) is 14.1 Å². The largest absolute Gasteiger partial charge is 0.457 e. The molecule has 2 heterocycles. The Hall–Kier alpha value is -4.10. The smallest absolute Gasteiger partial charge is 0.261 e. The third-order valence-electron chi connectivity index (χ3n) is 5.66. The van der Waals surface area contributed by atoms with E-state index in [2.05, 4.69) is 15.9 Å². The molecule has 0 aliphatic heterocycles. The second-order valence-corrected chi connectivity index (χ2v) is 10.3. The van der Waals surface area contributed by atoms with Crippen molar-refractivity contribution >= 4 is 26.6 Å². The van der Waals surface area contributed by atoms with Crippen molar-refractivity contribution in [1.82, 2.24) is 14.3 Å². The molecule has 0 spiro atoms. The van der Waals surface area contributed by atoms with E-state index in [0.717, 1.165) is 0 Å². The first-order chi connectivity index (χ1) is 16.2. The fourth-order valence-electron chi connectivity index (χ4n) is 3.79. The molecular weight excluding hydrogens is 454 g/mol. The van der Waals surface area contributed by atoms with Gasteiger partial charge in [-0.15, -0.1) is 0 Å². The highest BCUT2D eigenvalue weighted by molar-refractivity contribution is 7.93. The molecule has 0 saturated heterocycles. The number of nitrogens with one attached hydrogen (secondary N) is 1. The predicted octanol–water partition coefficient (Wildman–Crippen LogP) is 3.51. The Balaban J connectivity index is 1.67.